The van der Waals surface area contributed by atoms with E-state index in [1.807, 2.05) is 7.05 Å². The van der Waals surface area contributed by atoms with E-state index in [0.717, 1.165) is 34.7 Å². The van der Waals surface area contributed by atoms with Crippen molar-refractivity contribution in [1.82, 2.24) is 4.98 Å². The van der Waals surface area contributed by atoms with E-state index < -0.39 is 0 Å². The fourth-order valence-corrected chi connectivity index (χ4v) is 4.43. The summed E-state index contributed by atoms with van der Waals surface area (Å²) in [6.45, 7) is 0.732. The summed E-state index contributed by atoms with van der Waals surface area (Å²) in [4.78, 5) is 9.36. The molecule has 3 aromatic heterocycles. The summed E-state index contributed by atoms with van der Waals surface area (Å²) in [5.41, 5.74) is 5.45. The third kappa shape index (κ3) is 3.99. The Morgan fingerprint density at radius 3 is 2.00 bits per heavy atom. The number of rotatable bonds is 6. The summed E-state index contributed by atoms with van der Waals surface area (Å²) in [6, 6.07) is 23.4. The molecule has 0 N–H and O–H groups in total. The normalized spacial score (nSPS) is 10.6. The third-order valence-electron chi connectivity index (χ3n) is 4.57. The summed E-state index contributed by atoms with van der Waals surface area (Å²) >= 11 is 3.42. The van der Waals surface area contributed by atoms with Crippen LogP contribution in [0.2, 0.25) is 0 Å². The van der Waals surface area contributed by atoms with Crippen molar-refractivity contribution in [1.29, 1.82) is 5.26 Å². The maximum Gasteiger partial charge on any atom is 0.0815 e. The van der Waals surface area contributed by atoms with Crippen LogP contribution in [-0.4, -0.2) is 18.6 Å². The molecular formula is C23H19N3S2. The lowest BCUT2D eigenvalue weighted by atomic mass is 10.0. The Morgan fingerprint density at radius 2 is 1.50 bits per heavy atom. The van der Waals surface area contributed by atoms with Gasteiger partial charge in [-0.2, -0.15) is 5.26 Å². The second kappa shape index (κ2) is 8.39. The lowest BCUT2D eigenvalue weighted by Crippen LogP contribution is -2.17. The van der Waals surface area contributed by atoms with Crippen molar-refractivity contribution in [3.8, 4) is 38.3 Å². The van der Waals surface area contributed by atoms with Gasteiger partial charge in [-0.15, -0.1) is 22.7 Å². The van der Waals surface area contributed by atoms with Gasteiger partial charge in [0.1, 0.15) is 0 Å². The molecule has 0 radical (unpaired) electrons. The van der Waals surface area contributed by atoms with Gasteiger partial charge in [-0.3, -0.25) is 0 Å². The fourth-order valence-electron chi connectivity index (χ4n) is 3.05. The van der Waals surface area contributed by atoms with Gasteiger partial charge >= 0.3 is 0 Å². The molecule has 28 heavy (non-hydrogen) atoms. The number of hydrogen-bond acceptors (Lipinski definition) is 5. The first-order chi connectivity index (χ1) is 13.7. The summed E-state index contributed by atoms with van der Waals surface area (Å²) < 4.78 is 0. The molecule has 5 heteroatoms. The lowest BCUT2D eigenvalue weighted by molar-refractivity contribution is 0.905. The predicted molar refractivity (Wildman–Crippen MR) is 120 cm³/mol. The van der Waals surface area contributed by atoms with Crippen LogP contribution in [0.5, 0.6) is 0 Å². The topological polar surface area (TPSA) is 39.9 Å². The lowest BCUT2D eigenvalue weighted by Gasteiger charge is -2.18. The maximum atomic E-state index is 8.78. The monoisotopic (exact) mass is 401 g/mol. The SMILES string of the molecule is CN(CCC#N)c1ccc(-c2cc(-c3cccs3)nc(-c3cccs3)c2)cc1. The van der Waals surface area contributed by atoms with Crippen LogP contribution < -0.4 is 4.90 Å². The standard InChI is InChI=1S/C23H19N3S2/c1-26(12-4-11-24)19-9-7-17(8-10-19)18-15-20(22-5-2-13-27-22)25-21(16-18)23-6-3-14-28-23/h2-3,5-10,13-16H,4,12H2,1H3. The minimum atomic E-state index is 0.525. The molecule has 0 atom stereocenters. The predicted octanol–water partition coefficient (Wildman–Crippen LogP) is 6.56. The molecule has 1 aromatic carbocycles. The molecular weight excluding hydrogens is 382 g/mol. The van der Waals surface area contributed by atoms with Crippen LogP contribution in [0.3, 0.4) is 0 Å². The first-order valence-electron chi connectivity index (χ1n) is 9.03. The van der Waals surface area contributed by atoms with E-state index in [1.165, 1.54) is 9.75 Å². The molecule has 0 spiro atoms. The molecule has 3 heterocycles. The van der Waals surface area contributed by atoms with Crippen LogP contribution >= 0.6 is 22.7 Å². The first-order valence-corrected chi connectivity index (χ1v) is 10.8. The van der Waals surface area contributed by atoms with E-state index >= 15 is 0 Å². The van der Waals surface area contributed by atoms with Crippen LogP contribution in [-0.2, 0) is 0 Å². The van der Waals surface area contributed by atoms with Crippen molar-refractivity contribution in [3.63, 3.8) is 0 Å². The van der Waals surface area contributed by atoms with E-state index in [1.54, 1.807) is 22.7 Å². The minimum absolute atomic E-state index is 0.525. The van der Waals surface area contributed by atoms with E-state index in [2.05, 4.69) is 82.4 Å². The van der Waals surface area contributed by atoms with Gasteiger partial charge in [0.15, 0.2) is 0 Å². The molecule has 0 saturated heterocycles. The molecule has 0 aliphatic rings. The molecule has 0 unspecified atom stereocenters. The van der Waals surface area contributed by atoms with Crippen molar-refractivity contribution in [3.05, 3.63) is 71.4 Å². The first kappa shape index (κ1) is 18.4. The highest BCUT2D eigenvalue weighted by Gasteiger charge is 2.10. The number of pyridine rings is 1. The van der Waals surface area contributed by atoms with Gasteiger partial charge in [0.05, 0.1) is 33.6 Å². The molecule has 3 nitrogen and oxygen atoms in total. The van der Waals surface area contributed by atoms with Crippen LogP contribution in [0.15, 0.2) is 71.4 Å². The Morgan fingerprint density at radius 1 is 0.893 bits per heavy atom. The number of nitriles is 1. The summed E-state index contributed by atoms with van der Waals surface area (Å²) in [7, 11) is 2.02. The Balaban J connectivity index is 1.72. The van der Waals surface area contributed by atoms with E-state index in [0.29, 0.717) is 6.42 Å². The van der Waals surface area contributed by atoms with Gasteiger partial charge in [-0.05, 0) is 58.3 Å². The molecule has 0 bridgehead atoms. The Kier molecular flexibility index (Phi) is 5.52. The molecule has 0 aliphatic heterocycles. The largest absolute Gasteiger partial charge is 0.374 e. The number of anilines is 1. The van der Waals surface area contributed by atoms with Gasteiger partial charge in [-0.1, -0.05) is 24.3 Å². The average Bonchev–Trinajstić information content (AvgIpc) is 3.46. The van der Waals surface area contributed by atoms with Crippen molar-refractivity contribution in [2.75, 3.05) is 18.5 Å². The molecule has 0 aliphatic carbocycles. The second-order valence-corrected chi connectivity index (χ2v) is 8.35. The molecule has 0 saturated carbocycles. The number of nitrogens with zero attached hydrogens (tertiary/aromatic N) is 3. The van der Waals surface area contributed by atoms with Crippen LogP contribution in [0.25, 0.3) is 32.3 Å². The minimum Gasteiger partial charge on any atom is -0.374 e. The van der Waals surface area contributed by atoms with Gasteiger partial charge < -0.3 is 4.90 Å². The molecule has 138 valence electrons. The van der Waals surface area contributed by atoms with Crippen molar-refractivity contribution in [2.45, 2.75) is 6.42 Å². The van der Waals surface area contributed by atoms with E-state index in [-0.39, 0.29) is 0 Å². The van der Waals surface area contributed by atoms with Crippen LogP contribution in [0.4, 0.5) is 5.69 Å². The summed E-state index contributed by atoms with van der Waals surface area (Å²) in [5.74, 6) is 0. The zero-order valence-corrected chi connectivity index (χ0v) is 17.1. The van der Waals surface area contributed by atoms with Gasteiger partial charge in [-0.25, -0.2) is 4.98 Å². The van der Waals surface area contributed by atoms with Crippen LogP contribution in [0, 0.1) is 11.3 Å². The highest BCUT2D eigenvalue weighted by molar-refractivity contribution is 7.13. The van der Waals surface area contributed by atoms with Crippen LogP contribution in [0.1, 0.15) is 6.42 Å². The molecule has 4 aromatic rings. The number of benzene rings is 1. The highest BCUT2D eigenvalue weighted by atomic mass is 32.1. The summed E-state index contributed by atoms with van der Waals surface area (Å²) in [6.07, 6.45) is 0.525. The second-order valence-electron chi connectivity index (χ2n) is 6.46. The molecule has 4 rings (SSSR count). The smallest absolute Gasteiger partial charge is 0.0815 e. The van der Waals surface area contributed by atoms with Gasteiger partial charge in [0.25, 0.3) is 0 Å². The summed E-state index contributed by atoms with van der Waals surface area (Å²) in [5, 5.41) is 13.0. The number of thiophene rings is 2. The quantitative estimate of drug-likeness (QED) is 0.367. The van der Waals surface area contributed by atoms with Crippen molar-refractivity contribution < 1.29 is 0 Å². The number of aromatic nitrogens is 1. The Hall–Kier alpha value is -2.94. The van der Waals surface area contributed by atoms with E-state index in [9.17, 15) is 0 Å². The zero-order chi connectivity index (χ0) is 19.3. The third-order valence-corrected chi connectivity index (χ3v) is 6.36. The fraction of sp³-hybridized carbons (Fsp3) is 0.130. The Bertz CT molecular complexity index is 1020. The van der Waals surface area contributed by atoms with Crippen molar-refractivity contribution in [2.24, 2.45) is 0 Å². The highest BCUT2D eigenvalue weighted by Crippen LogP contribution is 2.33. The zero-order valence-electron chi connectivity index (χ0n) is 15.5. The number of hydrogen-bond donors (Lipinski definition) is 0. The Labute approximate surface area is 173 Å². The maximum absolute atomic E-state index is 8.78. The van der Waals surface area contributed by atoms with Crippen molar-refractivity contribution >= 4 is 28.4 Å². The molecule has 0 fully saturated rings. The average molecular weight is 402 g/mol. The van der Waals surface area contributed by atoms with Gasteiger partial charge in [0.2, 0.25) is 0 Å². The van der Waals surface area contributed by atoms with Gasteiger partial charge in [0, 0.05) is 19.3 Å². The van der Waals surface area contributed by atoms with E-state index in [4.69, 9.17) is 10.2 Å². The molecule has 0 amide bonds.